The van der Waals surface area contributed by atoms with Crippen LogP contribution in [-0.2, 0) is 15.7 Å². The smallest absolute Gasteiger partial charge is 0.192 e. The lowest BCUT2D eigenvalue weighted by atomic mass is 10.1. The van der Waals surface area contributed by atoms with Crippen LogP contribution in [-0.4, -0.2) is 43.6 Å². The molecular weight excluding hydrogens is 462 g/mol. The number of nitrogens with zero attached hydrogens (tertiary/aromatic N) is 3. The summed E-state index contributed by atoms with van der Waals surface area (Å²) < 4.78 is 19.9. The van der Waals surface area contributed by atoms with E-state index in [1.54, 1.807) is 18.4 Å². The van der Waals surface area contributed by atoms with E-state index in [2.05, 4.69) is 69.3 Å². The molecule has 180 valence electrons. The van der Waals surface area contributed by atoms with Gasteiger partial charge in [-0.05, 0) is 60.1 Å². The van der Waals surface area contributed by atoms with Crippen molar-refractivity contribution in [2.45, 2.75) is 45.4 Å². The molecule has 0 atom stereocenters. The summed E-state index contributed by atoms with van der Waals surface area (Å²) in [6.07, 6.45) is 6.08. The summed E-state index contributed by atoms with van der Waals surface area (Å²) in [6.45, 7) is 13.0. The molecule has 6 nitrogen and oxygen atoms in total. The van der Waals surface area contributed by atoms with Crippen LogP contribution in [0.25, 0.3) is 33.3 Å². The van der Waals surface area contributed by atoms with Gasteiger partial charge in [0.2, 0.25) is 0 Å². The molecule has 0 saturated carbocycles. The first-order chi connectivity index (χ1) is 16.2. The van der Waals surface area contributed by atoms with Gasteiger partial charge in [-0.15, -0.1) is 11.3 Å². The highest BCUT2D eigenvalue weighted by molar-refractivity contribution is 7.19. The Kier molecular flexibility index (Phi) is 7.23. The van der Waals surface area contributed by atoms with E-state index in [0.717, 1.165) is 44.0 Å². The van der Waals surface area contributed by atoms with Crippen molar-refractivity contribution >= 4 is 52.9 Å². The Balaban J connectivity index is 1.43. The number of hydrogen-bond acceptors (Lipinski definition) is 6. The van der Waals surface area contributed by atoms with Crippen molar-refractivity contribution in [2.75, 3.05) is 20.5 Å². The molecule has 34 heavy (non-hydrogen) atoms. The lowest BCUT2D eigenvalue weighted by Crippen LogP contribution is -2.41. The summed E-state index contributed by atoms with van der Waals surface area (Å²) in [7, 11) is -0.135. The van der Waals surface area contributed by atoms with Crippen LogP contribution >= 0.6 is 11.3 Å². The van der Waals surface area contributed by atoms with Crippen LogP contribution in [0.4, 0.5) is 0 Å². The fourth-order valence-corrected chi connectivity index (χ4v) is 5.30. The Hall–Kier alpha value is -2.52. The van der Waals surface area contributed by atoms with Gasteiger partial charge in [-0.2, -0.15) is 5.10 Å². The van der Waals surface area contributed by atoms with Crippen molar-refractivity contribution in [3.05, 3.63) is 53.2 Å². The lowest BCUT2D eigenvalue weighted by Gasteiger charge is -2.36. The van der Waals surface area contributed by atoms with Crippen molar-refractivity contribution in [1.82, 2.24) is 14.8 Å². The molecule has 0 aliphatic rings. The summed E-state index contributed by atoms with van der Waals surface area (Å²) >= 11 is 1.64. The zero-order chi connectivity index (χ0) is 24.3. The minimum atomic E-state index is -1.75. The molecule has 0 spiro atoms. The summed E-state index contributed by atoms with van der Waals surface area (Å²) in [6, 6.07) is 12.3. The quantitative estimate of drug-likeness (QED) is 0.188. The Morgan fingerprint density at radius 3 is 2.68 bits per heavy atom. The second-order valence-corrected chi connectivity index (χ2v) is 15.7. The first-order valence-electron chi connectivity index (χ1n) is 11.5. The minimum absolute atomic E-state index is 0.212. The first kappa shape index (κ1) is 24.6. The molecule has 0 amide bonds. The maximum absolute atomic E-state index is 6.33. The molecule has 0 unspecified atom stereocenters. The van der Waals surface area contributed by atoms with E-state index in [4.69, 9.17) is 18.9 Å². The molecule has 2 heterocycles. The van der Waals surface area contributed by atoms with E-state index < -0.39 is 8.32 Å². The number of rotatable bonds is 9. The molecule has 4 aromatic rings. The molecule has 0 bridgehead atoms. The maximum atomic E-state index is 6.33. The third kappa shape index (κ3) is 5.58. The lowest BCUT2D eigenvalue weighted by molar-refractivity contribution is 0.0512. The average Bonchev–Trinajstić information content (AvgIpc) is 3.38. The summed E-state index contributed by atoms with van der Waals surface area (Å²) in [5, 5.41) is 6.88. The largest absolute Gasteiger partial charge is 0.468 e. The number of hydrogen-bond donors (Lipinski definition) is 0. The molecular formula is C26H33N3O3SSi. The molecule has 2 aromatic carbocycles. The number of benzene rings is 2. The molecule has 4 rings (SSSR count). The third-order valence-corrected chi connectivity index (χ3v) is 11.9. The van der Waals surface area contributed by atoms with Gasteiger partial charge in [0.25, 0.3) is 0 Å². The van der Waals surface area contributed by atoms with Crippen molar-refractivity contribution < 1.29 is 13.9 Å². The van der Waals surface area contributed by atoms with E-state index in [1.165, 1.54) is 0 Å². The van der Waals surface area contributed by atoms with E-state index in [0.29, 0.717) is 6.61 Å². The molecule has 0 radical (unpaired) electrons. The Bertz CT molecular complexity index is 1300. The molecule has 0 N–H and O–H groups in total. The van der Waals surface area contributed by atoms with E-state index in [9.17, 15) is 0 Å². The van der Waals surface area contributed by atoms with Crippen LogP contribution in [0.2, 0.25) is 18.1 Å². The van der Waals surface area contributed by atoms with Gasteiger partial charge in [-0.3, -0.25) is 4.68 Å². The van der Waals surface area contributed by atoms with Crippen molar-refractivity contribution in [3.63, 3.8) is 0 Å². The SMILES string of the molecule is COCOc1ccc2nc(/C=C/c3ccc4c(cnn4CCO[Si](C)(C)C(C)(C)C)c3)sc2c1. The Labute approximate surface area is 206 Å². The van der Waals surface area contributed by atoms with Crippen LogP contribution in [0.3, 0.4) is 0 Å². The van der Waals surface area contributed by atoms with Gasteiger partial charge in [0.1, 0.15) is 10.8 Å². The highest BCUT2D eigenvalue weighted by atomic mass is 32.1. The fraction of sp³-hybridized carbons (Fsp3) is 0.385. The van der Waals surface area contributed by atoms with E-state index in [1.807, 2.05) is 29.1 Å². The predicted octanol–water partition coefficient (Wildman–Crippen LogP) is 6.82. The van der Waals surface area contributed by atoms with E-state index in [-0.39, 0.29) is 11.8 Å². The number of aromatic nitrogens is 3. The van der Waals surface area contributed by atoms with Gasteiger partial charge in [-0.1, -0.05) is 32.9 Å². The zero-order valence-electron chi connectivity index (χ0n) is 20.8. The van der Waals surface area contributed by atoms with Crippen molar-refractivity contribution in [1.29, 1.82) is 0 Å². The van der Waals surface area contributed by atoms with Gasteiger partial charge in [0.05, 0.1) is 35.1 Å². The van der Waals surface area contributed by atoms with Gasteiger partial charge >= 0.3 is 0 Å². The fourth-order valence-electron chi connectivity index (χ4n) is 3.37. The first-order valence-corrected chi connectivity index (χ1v) is 15.2. The Morgan fingerprint density at radius 1 is 1.09 bits per heavy atom. The summed E-state index contributed by atoms with van der Waals surface area (Å²) in [5.74, 6) is 0.783. The van der Waals surface area contributed by atoms with Gasteiger partial charge in [0.15, 0.2) is 15.1 Å². The molecule has 8 heteroatoms. The zero-order valence-corrected chi connectivity index (χ0v) is 22.6. The average molecular weight is 496 g/mol. The minimum Gasteiger partial charge on any atom is -0.468 e. The second-order valence-electron chi connectivity index (χ2n) is 9.86. The molecule has 0 aliphatic carbocycles. The van der Waals surface area contributed by atoms with Crippen molar-refractivity contribution in [3.8, 4) is 5.75 Å². The molecule has 0 aliphatic heterocycles. The highest BCUT2D eigenvalue weighted by Crippen LogP contribution is 2.36. The Morgan fingerprint density at radius 2 is 1.91 bits per heavy atom. The van der Waals surface area contributed by atoms with Gasteiger partial charge in [-0.25, -0.2) is 4.98 Å². The number of thiazole rings is 1. The van der Waals surface area contributed by atoms with Gasteiger partial charge < -0.3 is 13.9 Å². The van der Waals surface area contributed by atoms with Crippen molar-refractivity contribution in [2.24, 2.45) is 0 Å². The maximum Gasteiger partial charge on any atom is 0.192 e. The second kappa shape index (κ2) is 9.99. The molecule has 0 fully saturated rings. The van der Waals surface area contributed by atoms with Crippen LogP contribution in [0.5, 0.6) is 5.75 Å². The van der Waals surface area contributed by atoms with E-state index >= 15 is 0 Å². The van der Waals surface area contributed by atoms with Crippen LogP contribution < -0.4 is 4.74 Å². The molecule has 0 saturated heterocycles. The van der Waals surface area contributed by atoms with Crippen LogP contribution in [0.1, 0.15) is 31.3 Å². The molecule has 2 aromatic heterocycles. The number of methoxy groups -OCH3 is 1. The summed E-state index contributed by atoms with van der Waals surface area (Å²) in [5.41, 5.74) is 3.21. The third-order valence-electron chi connectivity index (χ3n) is 6.38. The van der Waals surface area contributed by atoms with Crippen LogP contribution in [0, 0.1) is 0 Å². The van der Waals surface area contributed by atoms with Gasteiger partial charge in [0, 0.05) is 12.5 Å². The number of ether oxygens (including phenoxy) is 2. The monoisotopic (exact) mass is 495 g/mol. The standard InChI is InChI=1S/C26H33N3O3SSi/c1-26(2,3)34(5,6)32-14-13-29-23-11-7-19(15-20(23)17-27-29)8-12-25-28-22-10-9-21(31-18-30-4)16-24(22)33-25/h7-12,15-17H,13-14,18H2,1-6H3/b12-8+. The number of fused-ring (bicyclic) bond motifs is 2. The van der Waals surface area contributed by atoms with Crippen LogP contribution in [0.15, 0.2) is 42.6 Å². The topological polar surface area (TPSA) is 58.4 Å². The normalized spacial score (nSPS) is 12.9. The predicted molar refractivity (Wildman–Crippen MR) is 144 cm³/mol. The summed E-state index contributed by atoms with van der Waals surface area (Å²) in [4.78, 5) is 4.70. The highest BCUT2D eigenvalue weighted by Gasteiger charge is 2.36.